The third-order valence-electron chi connectivity index (χ3n) is 5.10. The molecule has 0 spiro atoms. The molecule has 5 heteroatoms. The van der Waals surface area contributed by atoms with Crippen molar-refractivity contribution in [3.05, 3.63) is 100 Å². The molecule has 0 bridgehead atoms. The number of halogens is 2. The van der Waals surface area contributed by atoms with Gasteiger partial charge in [-0.25, -0.2) is 9.37 Å². The molecule has 5 rings (SSSR count). The van der Waals surface area contributed by atoms with Gasteiger partial charge in [-0.15, -0.1) is 0 Å². The number of aromatic nitrogens is 2. The summed E-state index contributed by atoms with van der Waals surface area (Å²) in [6.07, 6.45) is 2.01. The fraction of sp³-hybridized carbons (Fsp3) is 0.0870. The zero-order chi connectivity index (χ0) is 19.3. The molecule has 4 aromatic rings. The number of benzene rings is 3. The lowest BCUT2D eigenvalue weighted by molar-refractivity contribution is 0.584. The molecule has 28 heavy (non-hydrogen) atoms. The summed E-state index contributed by atoms with van der Waals surface area (Å²) in [6.45, 7) is 2.05. The monoisotopic (exact) mass is 389 g/mol. The molecule has 3 aromatic carbocycles. The number of fused-ring (bicyclic) bond motifs is 3. The van der Waals surface area contributed by atoms with E-state index in [1.165, 1.54) is 11.6 Å². The first-order valence-corrected chi connectivity index (χ1v) is 9.46. The summed E-state index contributed by atoms with van der Waals surface area (Å²) in [4.78, 5) is 4.73. The van der Waals surface area contributed by atoms with Gasteiger partial charge >= 0.3 is 0 Å². The zero-order valence-corrected chi connectivity index (χ0v) is 15.9. The van der Waals surface area contributed by atoms with Gasteiger partial charge in [-0.05, 0) is 42.8 Å². The lowest BCUT2D eigenvalue weighted by atomic mass is 10.00. The van der Waals surface area contributed by atoms with E-state index in [-0.39, 0.29) is 5.82 Å². The number of hydrogen-bond donors (Lipinski definition) is 1. The molecule has 1 aromatic heterocycles. The number of hydrogen-bond acceptors (Lipinski definition) is 2. The highest BCUT2D eigenvalue weighted by Gasteiger charge is 2.28. The number of aryl methyl sites for hydroxylation is 1. The van der Waals surface area contributed by atoms with Gasteiger partial charge in [0.05, 0.1) is 17.1 Å². The summed E-state index contributed by atoms with van der Waals surface area (Å²) in [5, 5.41) is 3.81. The number of imidazole rings is 1. The van der Waals surface area contributed by atoms with Crippen LogP contribution in [0, 0.1) is 12.7 Å². The molecule has 0 unspecified atom stereocenters. The number of nitrogens with one attached hydrogen (secondary N) is 1. The van der Waals surface area contributed by atoms with E-state index in [9.17, 15) is 4.39 Å². The molecule has 1 atom stereocenters. The first kappa shape index (κ1) is 17.0. The van der Waals surface area contributed by atoms with Crippen LogP contribution in [0.3, 0.4) is 0 Å². The molecule has 138 valence electrons. The summed E-state index contributed by atoms with van der Waals surface area (Å²) in [5.74, 6) is 0.339. The Balaban J connectivity index is 1.77. The first-order valence-electron chi connectivity index (χ1n) is 9.08. The van der Waals surface area contributed by atoms with Crippen LogP contribution in [0.1, 0.15) is 22.7 Å². The van der Waals surface area contributed by atoms with Crippen LogP contribution in [0.4, 0.5) is 10.3 Å². The molecule has 3 nitrogen and oxygen atoms in total. The Bertz CT molecular complexity index is 1200. The van der Waals surface area contributed by atoms with Crippen molar-refractivity contribution in [1.29, 1.82) is 0 Å². The van der Waals surface area contributed by atoms with Crippen LogP contribution in [0.15, 0.2) is 72.8 Å². The highest BCUT2D eigenvalue weighted by atomic mass is 35.5. The second-order valence-electron chi connectivity index (χ2n) is 6.95. The van der Waals surface area contributed by atoms with Crippen molar-refractivity contribution < 1.29 is 4.39 Å². The van der Waals surface area contributed by atoms with Gasteiger partial charge in [0.15, 0.2) is 0 Å². The van der Waals surface area contributed by atoms with Crippen LogP contribution in [0.2, 0.25) is 5.02 Å². The lowest BCUT2D eigenvalue weighted by Crippen LogP contribution is -2.20. The Labute approximate surface area is 167 Å². The van der Waals surface area contributed by atoms with Crippen molar-refractivity contribution in [1.82, 2.24) is 9.55 Å². The summed E-state index contributed by atoms with van der Waals surface area (Å²) in [6, 6.07) is 20.4. The maximum absolute atomic E-state index is 14.8. The number of para-hydroxylation sites is 2. The summed E-state index contributed by atoms with van der Waals surface area (Å²) in [7, 11) is 0. The highest BCUT2D eigenvalue weighted by molar-refractivity contribution is 6.31. The zero-order valence-electron chi connectivity index (χ0n) is 15.2. The average Bonchev–Trinajstić information content (AvgIpc) is 3.07. The van der Waals surface area contributed by atoms with Crippen molar-refractivity contribution in [2.45, 2.75) is 13.0 Å². The molecule has 0 aliphatic carbocycles. The predicted molar refractivity (Wildman–Crippen MR) is 112 cm³/mol. The molecule has 0 amide bonds. The van der Waals surface area contributed by atoms with E-state index in [1.54, 1.807) is 12.1 Å². The molecule has 1 aliphatic rings. The van der Waals surface area contributed by atoms with Crippen LogP contribution in [-0.4, -0.2) is 9.55 Å². The molecule has 0 fully saturated rings. The summed E-state index contributed by atoms with van der Waals surface area (Å²) < 4.78 is 16.8. The Morgan fingerprint density at radius 2 is 1.79 bits per heavy atom. The largest absolute Gasteiger partial charge is 0.325 e. The summed E-state index contributed by atoms with van der Waals surface area (Å²) in [5.41, 5.74) is 5.30. The van der Waals surface area contributed by atoms with Crippen LogP contribution < -0.4 is 5.32 Å². The Morgan fingerprint density at radius 3 is 2.57 bits per heavy atom. The van der Waals surface area contributed by atoms with Gasteiger partial charge in [-0.1, -0.05) is 59.6 Å². The minimum absolute atomic E-state index is 0.331. The molecule has 1 N–H and O–H groups in total. The Kier molecular flexibility index (Phi) is 3.95. The van der Waals surface area contributed by atoms with Crippen molar-refractivity contribution >= 4 is 34.3 Å². The number of nitrogens with zero attached hydrogens (tertiary/aromatic N) is 2. The average molecular weight is 390 g/mol. The molecule has 0 radical (unpaired) electrons. The van der Waals surface area contributed by atoms with Crippen molar-refractivity contribution in [2.24, 2.45) is 0 Å². The fourth-order valence-electron chi connectivity index (χ4n) is 3.72. The minimum Gasteiger partial charge on any atom is -0.325 e. The fourth-order valence-corrected chi connectivity index (χ4v) is 3.99. The number of allylic oxidation sites excluding steroid dienone is 1. The SMILES string of the molecule is Cc1ccc(C2=C[C@H](c3c(F)cccc3Cl)n3c(nc4ccccc43)N2)cc1. The molecule has 0 saturated heterocycles. The van der Waals surface area contributed by atoms with E-state index in [0.29, 0.717) is 16.5 Å². The van der Waals surface area contributed by atoms with Crippen LogP contribution in [0.25, 0.3) is 16.7 Å². The van der Waals surface area contributed by atoms with Crippen LogP contribution in [-0.2, 0) is 0 Å². The van der Waals surface area contributed by atoms with E-state index >= 15 is 0 Å². The standard InChI is InChI=1S/C23H17ClFN3/c1-14-9-11-15(12-10-14)19-13-21(22-16(24)5-4-6-17(22)25)28-20-8-3-2-7-18(20)26-23(28)27-19/h2-13,21H,1H3,(H,26,27)/t21-/m1/s1. The number of rotatable bonds is 2. The van der Waals surface area contributed by atoms with Crippen LogP contribution >= 0.6 is 11.6 Å². The molecular formula is C23H17ClFN3. The van der Waals surface area contributed by atoms with Gasteiger partial charge in [0.1, 0.15) is 5.82 Å². The van der Waals surface area contributed by atoms with E-state index in [1.807, 2.05) is 54.0 Å². The third-order valence-corrected chi connectivity index (χ3v) is 5.43. The van der Waals surface area contributed by atoms with Gasteiger partial charge in [0.25, 0.3) is 0 Å². The van der Waals surface area contributed by atoms with Crippen molar-refractivity contribution in [2.75, 3.05) is 5.32 Å². The lowest BCUT2D eigenvalue weighted by Gasteiger charge is -2.27. The molecule has 0 saturated carbocycles. The topological polar surface area (TPSA) is 29.9 Å². The molecular weight excluding hydrogens is 373 g/mol. The van der Waals surface area contributed by atoms with Gasteiger partial charge in [-0.2, -0.15) is 0 Å². The first-order chi connectivity index (χ1) is 13.6. The second kappa shape index (κ2) is 6.50. The van der Waals surface area contributed by atoms with Gasteiger partial charge in [0, 0.05) is 16.3 Å². The second-order valence-corrected chi connectivity index (χ2v) is 7.35. The Hall–Kier alpha value is -3.11. The molecule has 1 aliphatic heterocycles. The highest BCUT2D eigenvalue weighted by Crippen LogP contribution is 2.39. The van der Waals surface area contributed by atoms with Crippen molar-refractivity contribution in [3.63, 3.8) is 0 Å². The van der Waals surface area contributed by atoms with Gasteiger partial charge < -0.3 is 5.32 Å². The maximum Gasteiger partial charge on any atom is 0.209 e. The quantitative estimate of drug-likeness (QED) is 0.442. The van der Waals surface area contributed by atoms with E-state index in [2.05, 4.69) is 17.4 Å². The van der Waals surface area contributed by atoms with Gasteiger partial charge in [-0.3, -0.25) is 4.57 Å². The maximum atomic E-state index is 14.8. The van der Waals surface area contributed by atoms with E-state index < -0.39 is 6.04 Å². The Morgan fingerprint density at radius 1 is 1.00 bits per heavy atom. The van der Waals surface area contributed by atoms with E-state index in [4.69, 9.17) is 16.6 Å². The normalized spacial score (nSPS) is 15.8. The smallest absolute Gasteiger partial charge is 0.209 e. The predicted octanol–water partition coefficient (Wildman–Crippen LogP) is 6.19. The van der Waals surface area contributed by atoms with E-state index in [0.717, 1.165) is 22.3 Å². The van der Waals surface area contributed by atoms with Crippen LogP contribution in [0.5, 0.6) is 0 Å². The third kappa shape index (κ3) is 2.69. The minimum atomic E-state index is -0.409. The number of anilines is 1. The van der Waals surface area contributed by atoms with Gasteiger partial charge in [0.2, 0.25) is 5.95 Å². The molecule has 2 heterocycles. The summed E-state index contributed by atoms with van der Waals surface area (Å²) >= 11 is 6.44. The van der Waals surface area contributed by atoms with Crippen molar-refractivity contribution in [3.8, 4) is 0 Å².